The van der Waals surface area contributed by atoms with E-state index in [0.717, 1.165) is 0 Å². The summed E-state index contributed by atoms with van der Waals surface area (Å²) in [5, 5.41) is 17.5. The molecule has 5 atom stereocenters. The Morgan fingerprint density at radius 1 is 0.750 bits per heavy atom. The summed E-state index contributed by atoms with van der Waals surface area (Å²) >= 11 is 0. The minimum absolute atomic E-state index is 0.0730. The van der Waals surface area contributed by atoms with E-state index in [2.05, 4.69) is 16.0 Å². The molecule has 3 amide bonds. The Hall–Kier alpha value is -2.16. The molecule has 0 aromatic carbocycles. The number of nitrogens with one attached hydrogen (secondary N) is 3. The summed E-state index contributed by atoms with van der Waals surface area (Å²) in [5.41, 5.74) is 5.92. The monoisotopic (exact) mass is 456 g/mol. The lowest BCUT2D eigenvalue weighted by Gasteiger charge is -2.29. The second kappa shape index (κ2) is 14.1. The molecule has 9 nitrogen and oxygen atoms in total. The van der Waals surface area contributed by atoms with E-state index in [1.165, 1.54) is 0 Å². The molecule has 186 valence electrons. The highest BCUT2D eigenvalue weighted by molar-refractivity contribution is 5.94. The molecule has 0 radical (unpaired) electrons. The summed E-state index contributed by atoms with van der Waals surface area (Å²) in [6.07, 6.45) is 1.25. The number of hydrogen-bond donors (Lipinski definition) is 5. The summed E-state index contributed by atoms with van der Waals surface area (Å²) in [6.45, 7) is 14.9. The molecular weight excluding hydrogens is 412 g/mol. The van der Waals surface area contributed by atoms with Gasteiger partial charge in [-0.05, 0) is 36.5 Å². The third kappa shape index (κ3) is 10.4. The molecule has 0 saturated carbocycles. The smallest absolute Gasteiger partial charge is 0.326 e. The van der Waals surface area contributed by atoms with Crippen LogP contribution in [0.25, 0.3) is 0 Å². The van der Waals surface area contributed by atoms with Gasteiger partial charge in [-0.1, -0.05) is 61.8 Å². The van der Waals surface area contributed by atoms with Crippen molar-refractivity contribution in [2.24, 2.45) is 29.4 Å². The van der Waals surface area contributed by atoms with Gasteiger partial charge in [-0.15, -0.1) is 0 Å². The highest BCUT2D eigenvalue weighted by Gasteiger charge is 2.33. The van der Waals surface area contributed by atoms with Gasteiger partial charge in [0.1, 0.15) is 18.1 Å². The van der Waals surface area contributed by atoms with Crippen LogP contribution in [-0.4, -0.2) is 53.0 Å². The molecule has 9 heteroatoms. The molecule has 0 aliphatic rings. The van der Waals surface area contributed by atoms with E-state index < -0.39 is 47.9 Å². The van der Waals surface area contributed by atoms with Crippen molar-refractivity contribution in [3.63, 3.8) is 0 Å². The van der Waals surface area contributed by atoms with E-state index in [-0.39, 0.29) is 30.1 Å². The molecule has 0 aliphatic heterocycles. The third-order valence-corrected chi connectivity index (χ3v) is 5.48. The number of carbonyl (C=O) groups excluding carboxylic acids is 3. The van der Waals surface area contributed by atoms with Crippen molar-refractivity contribution in [1.29, 1.82) is 0 Å². The van der Waals surface area contributed by atoms with Crippen LogP contribution < -0.4 is 21.7 Å². The van der Waals surface area contributed by atoms with Crippen molar-refractivity contribution < 1.29 is 24.3 Å². The largest absolute Gasteiger partial charge is 0.480 e. The van der Waals surface area contributed by atoms with Crippen LogP contribution in [-0.2, 0) is 19.2 Å². The van der Waals surface area contributed by atoms with Crippen LogP contribution in [0.1, 0.15) is 74.7 Å². The fourth-order valence-electron chi connectivity index (χ4n) is 3.18. The van der Waals surface area contributed by atoms with Crippen LogP contribution >= 0.6 is 0 Å². The highest BCUT2D eigenvalue weighted by Crippen LogP contribution is 2.13. The predicted molar refractivity (Wildman–Crippen MR) is 125 cm³/mol. The Morgan fingerprint density at radius 2 is 1.22 bits per heavy atom. The van der Waals surface area contributed by atoms with Crippen molar-refractivity contribution >= 4 is 23.7 Å². The van der Waals surface area contributed by atoms with Gasteiger partial charge in [-0.25, -0.2) is 4.79 Å². The van der Waals surface area contributed by atoms with Crippen LogP contribution in [0.3, 0.4) is 0 Å². The average molecular weight is 457 g/mol. The molecule has 0 heterocycles. The third-order valence-electron chi connectivity index (χ3n) is 5.48. The van der Waals surface area contributed by atoms with Gasteiger partial charge in [-0.2, -0.15) is 0 Å². The number of carboxylic acid groups (broad SMARTS) is 1. The lowest BCUT2D eigenvalue weighted by molar-refractivity contribution is -0.143. The molecule has 0 aromatic heterocycles. The number of carboxylic acids is 1. The van der Waals surface area contributed by atoms with Gasteiger partial charge < -0.3 is 26.8 Å². The first-order valence-corrected chi connectivity index (χ1v) is 11.6. The number of rotatable bonds is 14. The zero-order valence-corrected chi connectivity index (χ0v) is 20.9. The van der Waals surface area contributed by atoms with Gasteiger partial charge in [-0.3, -0.25) is 14.4 Å². The van der Waals surface area contributed by atoms with Crippen LogP contribution in [0.4, 0.5) is 0 Å². The molecule has 0 saturated heterocycles. The number of hydrogen-bond acceptors (Lipinski definition) is 5. The summed E-state index contributed by atoms with van der Waals surface area (Å²) in [5.74, 6) is -2.72. The standard InChI is InChI=1S/C23H44N4O5/c1-9-15(8)19(22(30)26-17(23(31)32)11-13(4)5)27-20(28)16(10-12(2)3)25-21(29)18(24)14(6)7/h12-19H,9-11,24H2,1-8H3,(H,25,29)(H,26,30)(H,27,28)(H,31,32)/t15-,16-,17-,18-,19-/m0/s1. The normalized spacial score (nSPS) is 16.2. The van der Waals surface area contributed by atoms with Crippen LogP contribution in [0.2, 0.25) is 0 Å². The zero-order valence-electron chi connectivity index (χ0n) is 20.9. The van der Waals surface area contributed by atoms with Crippen LogP contribution in [0.5, 0.6) is 0 Å². The van der Waals surface area contributed by atoms with Gasteiger partial charge in [0.15, 0.2) is 0 Å². The fourth-order valence-corrected chi connectivity index (χ4v) is 3.18. The molecule has 0 fully saturated rings. The van der Waals surface area contributed by atoms with E-state index >= 15 is 0 Å². The average Bonchev–Trinajstić information content (AvgIpc) is 2.68. The van der Waals surface area contributed by atoms with Gasteiger partial charge in [0.05, 0.1) is 6.04 Å². The zero-order chi connectivity index (χ0) is 25.2. The first-order valence-electron chi connectivity index (χ1n) is 11.6. The van der Waals surface area contributed by atoms with E-state index in [1.54, 1.807) is 0 Å². The summed E-state index contributed by atoms with van der Waals surface area (Å²) in [7, 11) is 0. The summed E-state index contributed by atoms with van der Waals surface area (Å²) in [4.78, 5) is 50.0. The van der Waals surface area contributed by atoms with Crippen molar-refractivity contribution in [2.75, 3.05) is 0 Å². The predicted octanol–water partition coefficient (Wildman–Crippen LogP) is 1.65. The van der Waals surface area contributed by atoms with E-state index in [0.29, 0.717) is 12.8 Å². The van der Waals surface area contributed by atoms with E-state index in [1.807, 2.05) is 55.4 Å². The van der Waals surface area contributed by atoms with Gasteiger partial charge >= 0.3 is 5.97 Å². The van der Waals surface area contributed by atoms with Gasteiger partial charge in [0.2, 0.25) is 17.7 Å². The highest BCUT2D eigenvalue weighted by atomic mass is 16.4. The number of nitrogens with two attached hydrogens (primary N) is 1. The molecule has 0 aromatic rings. The molecule has 0 bridgehead atoms. The topological polar surface area (TPSA) is 151 Å². The molecule has 0 spiro atoms. The Balaban J connectivity index is 5.57. The summed E-state index contributed by atoms with van der Waals surface area (Å²) in [6, 6.07) is -3.57. The van der Waals surface area contributed by atoms with E-state index in [9.17, 15) is 24.3 Å². The molecule has 6 N–H and O–H groups in total. The lowest BCUT2D eigenvalue weighted by atomic mass is 9.95. The Bertz CT molecular complexity index is 636. The van der Waals surface area contributed by atoms with Gasteiger partial charge in [0.25, 0.3) is 0 Å². The molecule has 0 aliphatic carbocycles. The van der Waals surface area contributed by atoms with Crippen molar-refractivity contribution in [3.8, 4) is 0 Å². The molecule has 0 unspecified atom stereocenters. The first kappa shape index (κ1) is 29.8. The quantitative estimate of drug-likeness (QED) is 0.268. The number of aliphatic carboxylic acids is 1. The van der Waals surface area contributed by atoms with Crippen molar-refractivity contribution in [2.45, 2.75) is 98.8 Å². The minimum atomic E-state index is -1.12. The number of amides is 3. The summed E-state index contributed by atoms with van der Waals surface area (Å²) < 4.78 is 0. The maximum atomic E-state index is 13.1. The van der Waals surface area contributed by atoms with Crippen molar-refractivity contribution in [3.05, 3.63) is 0 Å². The number of carbonyl (C=O) groups is 4. The lowest BCUT2D eigenvalue weighted by Crippen LogP contribution is -2.59. The minimum Gasteiger partial charge on any atom is -0.480 e. The SMILES string of the molecule is CC[C@H](C)[C@H](NC(=O)[C@H](CC(C)C)NC(=O)[C@@H](N)C(C)C)C(=O)N[C@@H](CC(C)C)C(=O)O. The maximum Gasteiger partial charge on any atom is 0.326 e. The van der Waals surface area contributed by atoms with Crippen LogP contribution in [0, 0.1) is 23.7 Å². The first-order chi connectivity index (χ1) is 14.7. The molecular formula is C23H44N4O5. The second-order valence-electron chi connectivity index (χ2n) is 9.86. The maximum absolute atomic E-state index is 13.1. The van der Waals surface area contributed by atoms with E-state index in [4.69, 9.17) is 5.73 Å². The fraction of sp³-hybridized carbons (Fsp3) is 0.826. The Morgan fingerprint density at radius 3 is 1.62 bits per heavy atom. The van der Waals surface area contributed by atoms with Gasteiger partial charge in [0, 0.05) is 0 Å². The molecule has 0 rings (SSSR count). The van der Waals surface area contributed by atoms with Crippen molar-refractivity contribution in [1.82, 2.24) is 16.0 Å². The Labute approximate surface area is 192 Å². The molecule has 32 heavy (non-hydrogen) atoms. The Kier molecular flexibility index (Phi) is 13.1. The van der Waals surface area contributed by atoms with Crippen LogP contribution in [0.15, 0.2) is 0 Å². The second-order valence-corrected chi connectivity index (χ2v) is 9.86.